The van der Waals surface area contributed by atoms with E-state index in [0.29, 0.717) is 11.7 Å². The third-order valence-corrected chi connectivity index (χ3v) is 4.17. The fourth-order valence-electron chi connectivity index (χ4n) is 2.51. The molecule has 1 aliphatic rings. The molecule has 1 amide bonds. The van der Waals surface area contributed by atoms with Crippen LogP contribution in [0, 0.1) is 11.8 Å². The van der Waals surface area contributed by atoms with Gasteiger partial charge in [-0.1, -0.05) is 25.1 Å². The molecule has 2 N–H and O–H groups in total. The number of hydrogen-bond donors (Lipinski definition) is 2. The van der Waals surface area contributed by atoms with Crippen LogP contribution < -0.4 is 10.6 Å². The normalized spacial score (nSPS) is 16.8. The monoisotopic (exact) mass is 336 g/mol. The van der Waals surface area contributed by atoms with Crippen LogP contribution in [0.3, 0.4) is 0 Å². The first kappa shape index (κ1) is 17.4. The molecule has 0 aliphatic carbocycles. The van der Waals surface area contributed by atoms with Crippen molar-refractivity contribution < 1.29 is 4.79 Å². The summed E-state index contributed by atoms with van der Waals surface area (Å²) < 4.78 is 1.65. The van der Waals surface area contributed by atoms with Gasteiger partial charge in [-0.05, 0) is 48.5 Å². The van der Waals surface area contributed by atoms with E-state index in [1.807, 2.05) is 44.2 Å². The highest BCUT2D eigenvalue weighted by atomic mass is 35.5. The van der Waals surface area contributed by atoms with Crippen molar-refractivity contribution in [3.05, 3.63) is 36.2 Å². The zero-order chi connectivity index (χ0) is 15.5. The molecular weight excluding hydrogens is 316 g/mol. The van der Waals surface area contributed by atoms with Gasteiger partial charge >= 0.3 is 0 Å². The number of nitrogens with zero attached hydrogens (tertiary/aromatic N) is 4. The summed E-state index contributed by atoms with van der Waals surface area (Å²) in [5, 5.41) is 18.0. The highest BCUT2D eigenvalue weighted by molar-refractivity contribution is 5.85. The zero-order valence-corrected chi connectivity index (χ0v) is 14.0. The van der Waals surface area contributed by atoms with Crippen molar-refractivity contribution in [1.29, 1.82) is 0 Å². The molecule has 124 valence electrons. The maximum atomic E-state index is 12.3. The van der Waals surface area contributed by atoms with Gasteiger partial charge in [0.2, 0.25) is 5.91 Å². The minimum Gasteiger partial charge on any atom is -0.346 e. The number of hydrogen-bond acceptors (Lipinski definition) is 5. The third-order valence-electron chi connectivity index (χ3n) is 4.17. The van der Waals surface area contributed by atoms with E-state index in [4.69, 9.17) is 0 Å². The molecule has 2 unspecified atom stereocenters. The second-order valence-electron chi connectivity index (χ2n) is 5.72. The number of carbonyl (C=O) groups excluding carboxylic acids is 1. The maximum Gasteiger partial charge on any atom is 0.223 e. The van der Waals surface area contributed by atoms with Crippen LogP contribution >= 0.6 is 12.4 Å². The number of amides is 1. The predicted molar refractivity (Wildman–Crippen MR) is 88.5 cm³/mol. The number of halogens is 1. The van der Waals surface area contributed by atoms with Crippen LogP contribution in [-0.2, 0) is 4.79 Å². The summed E-state index contributed by atoms with van der Waals surface area (Å²) >= 11 is 0. The van der Waals surface area contributed by atoms with Crippen molar-refractivity contribution in [2.45, 2.75) is 19.9 Å². The van der Waals surface area contributed by atoms with Gasteiger partial charge in [0.15, 0.2) is 5.82 Å². The van der Waals surface area contributed by atoms with Gasteiger partial charge in [0.1, 0.15) is 0 Å². The van der Waals surface area contributed by atoms with Crippen LogP contribution in [0.1, 0.15) is 25.7 Å². The van der Waals surface area contributed by atoms with E-state index < -0.39 is 0 Å². The molecule has 23 heavy (non-hydrogen) atoms. The van der Waals surface area contributed by atoms with Crippen LogP contribution in [0.2, 0.25) is 0 Å². The largest absolute Gasteiger partial charge is 0.346 e. The van der Waals surface area contributed by atoms with Crippen molar-refractivity contribution in [2.24, 2.45) is 11.8 Å². The molecule has 2 heterocycles. The fraction of sp³-hybridized carbons (Fsp3) is 0.467. The van der Waals surface area contributed by atoms with E-state index in [1.54, 1.807) is 4.68 Å². The highest BCUT2D eigenvalue weighted by Crippen LogP contribution is 2.18. The number of rotatable bonds is 5. The Balaban J connectivity index is 0.00000192. The van der Waals surface area contributed by atoms with Crippen molar-refractivity contribution in [1.82, 2.24) is 30.8 Å². The summed E-state index contributed by atoms with van der Waals surface area (Å²) in [5.74, 6) is 1.07. The summed E-state index contributed by atoms with van der Waals surface area (Å²) in [6.07, 6.45) is 0. The Morgan fingerprint density at radius 1 is 1.30 bits per heavy atom. The van der Waals surface area contributed by atoms with Gasteiger partial charge in [-0.25, -0.2) is 0 Å². The molecule has 0 spiro atoms. The smallest absolute Gasteiger partial charge is 0.223 e. The van der Waals surface area contributed by atoms with Gasteiger partial charge < -0.3 is 10.6 Å². The lowest BCUT2D eigenvalue weighted by atomic mass is 9.88. The lowest BCUT2D eigenvalue weighted by Crippen LogP contribution is -2.50. The summed E-state index contributed by atoms with van der Waals surface area (Å²) in [4.78, 5) is 12.3. The Labute approximate surface area is 141 Å². The number of carbonyl (C=O) groups is 1. The van der Waals surface area contributed by atoms with Crippen molar-refractivity contribution in [2.75, 3.05) is 13.1 Å². The van der Waals surface area contributed by atoms with E-state index in [9.17, 15) is 4.79 Å². The first-order valence-corrected chi connectivity index (χ1v) is 7.51. The lowest BCUT2D eigenvalue weighted by molar-refractivity contribution is -0.127. The van der Waals surface area contributed by atoms with E-state index in [1.165, 1.54) is 0 Å². The van der Waals surface area contributed by atoms with E-state index in [0.717, 1.165) is 18.8 Å². The summed E-state index contributed by atoms with van der Waals surface area (Å²) in [5.41, 5.74) is 0.875. The number of tetrazole rings is 1. The summed E-state index contributed by atoms with van der Waals surface area (Å²) in [7, 11) is 0. The molecule has 1 saturated heterocycles. The number of para-hydroxylation sites is 1. The predicted octanol–water partition coefficient (Wildman–Crippen LogP) is 1.12. The van der Waals surface area contributed by atoms with Crippen LogP contribution in [0.5, 0.6) is 0 Å². The molecule has 0 radical (unpaired) electrons. The van der Waals surface area contributed by atoms with Gasteiger partial charge in [0.05, 0.1) is 11.7 Å². The van der Waals surface area contributed by atoms with Gasteiger partial charge in [0, 0.05) is 5.92 Å². The third kappa shape index (κ3) is 3.68. The molecule has 1 aromatic carbocycles. The maximum absolute atomic E-state index is 12.3. The molecule has 2 aromatic rings. The Bertz CT molecular complexity index is 642. The SMILES string of the molecule is CC(NC(=O)C(C)C1CNC1)c1nnnn1-c1ccccc1.Cl. The Morgan fingerprint density at radius 3 is 2.61 bits per heavy atom. The molecule has 1 aliphatic heterocycles. The van der Waals surface area contributed by atoms with Gasteiger partial charge in [-0.15, -0.1) is 17.5 Å². The first-order valence-electron chi connectivity index (χ1n) is 7.51. The molecule has 8 heteroatoms. The number of aromatic nitrogens is 4. The summed E-state index contributed by atoms with van der Waals surface area (Å²) in [6.45, 7) is 5.68. The van der Waals surface area contributed by atoms with Crippen LogP contribution in [0.4, 0.5) is 0 Å². The van der Waals surface area contributed by atoms with Gasteiger partial charge in [-0.2, -0.15) is 4.68 Å². The molecule has 1 aromatic heterocycles. The van der Waals surface area contributed by atoms with Crippen molar-refractivity contribution >= 4 is 18.3 Å². The summed E-state index contributed by atoms with van der Waals surface area (Å²) in [6, 6.07) is 9.39. The number of nitrogens with one attached hydrogen (secondary N) is 2. The topological polar surface area (TPSA) is 84.7 Å². The lowest BCUT2D eigenvalue weighted by Gasteiger charge is -2.32. The minimum atomic E-state index is -0.252. The zero-order valence-electron chi connectivity index (χ0n) is 13.1. The van der Waals surface area contributed by atoms with Crippen LogP contribution in [0.25, 0.3) is 5.69 Å². The average molecular weight is 337 g/mol. The molecule has 0 bridgehead atoms. The highest BCUT2D eigenvalue weighted by Gasteiger charge is 2.30. The molecule has 1 fully saturated rings. The van der Waals surface area contributed by atoms with Crippen LogP contribution in [0.15, 0.2) is 30.3 Å². The van der Waals surface area contributed by atoms with Crippen LogP contribution in [-0.4, -0.2) is 39.2 Å². The van der Waals surface area contributed by atoms with E-state index in [-0.39, 0.29) is 30.3 Å². The molecule has 7 nitrogen and oxygen atoms in total. The van der Waals surface area contributed by atoms with Crippen molar-refractivity contribution in [3.8, 4) is 5.69 Å². The van der Waals surface area contributed by atoms with Gasteiger partial charge in [-0.3, -0.25) is 4.79 Å². The Kier molecular flexibility index (Phi) is 5.68. The number of benzene rings is 1. The first-order chi connectivity index (χ1) is 10.7. The minimum absolute atomic E-state index is 0. The molecule has 3 rings (SSSR count). The average Bonchev–Trinajstić information content (AvgIpc) is 2.95. The Morgan fingerprint density at radius 2 is 2.00 bits per heavy atom. The second kappa shape index (κ2) is 7.52. The van der Waals surface area contributed by atoms with E-state index >= 15 is 0 Å². The second-order valence-corrected chi connectivity index (χ2v) is 5.72. The standard InChI is InChI=1S/C15H20N6O.ClH/c1-10(12-8-16-9-12)15(22)17-11(2)14-18-19-20-21(14)13-6-4-3-5-7-13;/h3-7,10-12,16H,8-9H2,1-2H3,(H,17,22);1H. The molecule has 0 saturated carbocycles. The fourth-order valence-corrected chi connectivity index (χ4v) is 2.51. The van der Waals surface area contributed by atoms with E-state index in [2.05, 4.69) is 26.2 Å². The Hall–Kier alpha value is -1.99. The quantitative estimate of drug-likeness (QED) is 0.854. The van der Waals surface area contributed by atoms with Crippen molar-refractivity contribution in [3.63, 3.8) is 0 Å². The molecular formula is C15H21ClN6O. The van der Waals surface area contributed by atoms with Gasteiger partial charge in [0.25, 0.3) is 0 Å². The molecule has 2 atom stereocenters.